The van der Waals surface area contributed by atoms with Crippen LogP contribution < -0.4 is 0 Å². The van der Waals surface area contributed by atoms with Crippen LogP contribution in [0.1, 0.15) is 16.9 Å². The number of aromatic nitrogens is 2. The number of likely N-dealkylation sites (tertiary alicyclic amines) is 1. The highest BCUT2D eigenvalue weighted by molar-refractivity contribution is 7.90. The monoisotopic (exact) mass is 554 g/mol. The molecular weight excluding hydrogens is 528 g/mol. The van der Waals surface area contributed by atoms with Gasteiger partial charge in [0.15, 0.2) is 15.5 Å². The Hall–Kier alpha value is -2.98. The second-order valence-corrected chi connectivity index (χ2v) is 12.9. The molecule has 0 radical (unpaired) electrons. The van der Waals surface area contributed by atoms with Crippen molar-refractivity contribution in [3.8, 4) is 26.7 Å². The van der Waals surface area contributed by atoms with Crippen molar-refractivity contribution in [3.05, 3.63) is 77.4 Å². The van der Waals surface area contributed by atoms with E-state index in [0.717, 1.165) is 27.4 Å². The molecule has 0 bridgehead atoms. The predicted octanol–water partition coefficient (Wildman–Crippen LogP) is 5.10. The molecule has 0 aliphatic carbocycles. The van der Waals surface area contributed by atoms with Crippen molar-refractivity contribution in [2.45, 2.75) is 17.4 Å². The molecule has 1 aliphatic heterocycles. The number of carbonyl (C=O) groups is 1. The summed E-state index contributed by atoms with van der Waals surface area (Å²) in [6, 6.07) is 20.4. The number of para-hydroxylation sites is 1. The van der Waals surface area contributed by atoms with Gasteiger partial charge in [0.2, 0.25) is 0 Å². The highest BCUT2D eigenvalue weighted by Crippen LogP contribution is 2.37. The lowest BCUT2D eigenvalue weighted by Crippen LogP contribution is -2.34. The predicted molar refractivity (Wildman–Crippen MR) is 148 cm³/mol. The molecule has 37 heavy (non-hydrogen) atoms. The fourth-order valence-electron chi connectivity index (χ4n) is 4.49. The third-order valence-electron chi connectivity index (χ3n) is 6.60. The first-order valence-electron chi connectivity index (χ1n) is 11.8. The van der Waals surface area contributed by atoms with Gasteiger partial charge in [0.1, 0.15) is 0 Å². The van der Waals surface area contributed by atoms with Crippen LogP contribution in [0.25, 0.3) is 26.7 Å². The number of amides is 1. The smallest absolute Gasteiger partial charge is 0.274 e. The third-order valence-corrected chi connectivity index (χ3v) is 9.18. The van der Waals surface area contributed by atoms with Gasteiger partial charge in [-0.05, 0) is 68.5 Å². The van der Waals surface area contributed by atoms with Gasteiger partial charge in [-0.25, -0.2) is 13.1 Å². The zero-order valence-corrected chi connectivity index (χ0v) is 23.1. The number of likely N-dealkylation sites (N-methyl/N-ethyl adjacent to an activating group) is 1. The number of rotatable bonds is 6. The number of thiophene rings is 1. The van der Waals surface area contributed by atoms with Crippen LogP contribution in [0, 0.1) is 0 Å². The third kappa shape index (κ3) is 5.22. The van der Waals surface area contributed by atoms with Crippen molar-refractivity contribution in [1.29, 1.82) is 0 Å². The molecule has 1 amide bonds. The molecule has 0 spiro atoms. The van der Waals surface area contributed by atoms with Gasteiger partial charge in [-0.2, -0.15) is 5.10 Å². The average Bonchev–Trinajstić information content (AvgIpc) is 3.63. The number of hydrogen-bond donors (Lipinski definition) is 0. The second kappa shape index (κ2) is 10.1. The topological polar surface area (TPSA) is 75.5 Å². The first kappa shape index (κ1) is 25.7. The molecule has 1 fully saturated rings. The molecular formula is C27H27ClN4O3S2. The van der Waals surface area contributed by atoms with E-state index in [9.17, 15) is 13.2 Å². The van der Waals surface area contributed by atoms with Crippen molar-refractivity contribution in [2.24, 2.45) is 0 Å². The van der Waals surface area contributed by atoms with E-state index in [2.05, 4.69) is 4.90 Å². The largest absolute Gasteiger partial charge is 0.336 e. The molecule has 0 N–H and O–H groups in total. The lowest BCUT2D eigenvalue weighted by Gasteiger charge is -2.19. The quantitative estimate of drug-likeness (QED) is 0.331. The fraction of sp³-hybridized carbons (Fsp3) is 0.259. The highest BCUT2D eigenvalue weighted by Gasteiger charge is 2.30. The van der Waals surface area contributed by atoms with Gasteiger partial charge < -0.3 is 9.80 Å². The van der Waals surface area contributed by atoms with E-state index in [-0.39, 0.29) is 10.8 Å². The number of nitrogens with zero attached hydrogens (tertiary/aromatic N) is 4. The van der Waals surface area contributed by atoms with E-state index in [0.29, 0.717) is 35.5 Å². The van der Waals surface area contributed by atoms with Crippen LogP contribution >= 0.6 is 22.9 Å². The summed E-state index contributed by atoms with van der Waals surface area (Å²) in [4.78, 5) is 19.5. The van der Waals surface area contributed by atoms with Crippen molar-refractivity contribution < 1.29 is 13.2 Å². The van der Waals surface area contributed by atoms with Gasteiger partial charge in [0, 0.05) is 30.3 Å². The van der Waals surface area contributed by atoms with E-state index in [1.54, 1.807) is 28.9 Å². The Bertz CT molecular complexity index is 1580. The molecule has 10 heteroatoms. The van der Waals surface area contributed by atoms with Crippen LogP contribution in [-0.2, 0) is 9.84 Å². The highest BCUT2D eigenvalue weighted by atomic mass is 35.5. The average molecular weight is 555 g/mol. The minimum absolute atomic E-state index is 0.103. The van der Waals surface area contributed by atoms with Crippen LogP contribution in [0.15, 0.2) is 71.6 Å². The van der Waals surface area contributed by atoms with Crippen LogP contribution in [0.5, 0.6) is 0 Å². The normalized spacial score (nSPS) is 16.0. The zero-order valence-electron chi connectivity index (χ0n) is 20.8. The summed E-state index contributed by atoms with van der Waals surface area (Å²) in [6.45, 7) is 1.36. The molecule has 2 aromatic carbocycles. The Labute approximate surface area is 225 Å². The van der Waals surface area contributed by atoms with Gasteiger partial charge in [-0.3, -0.25) is 4.79 Å². The lowest BCUT2D eigenvalue weighted by atomic mass is 10.2. The van der Waals surface area contributed by atoms with E-state index in [4.69, 9.17) is 16.7 Å². The maximum Gasteiger partial charge on any atom is 0.274 e. The summed E-state index contributed by atoms with van der Waals surface area (Å²) >= 11 is 8.04. The molecule has 1 atom stereocenters. The number of hydrogen-bond acceptors (Lipinski definition) is 6. The van der Waals surface area contributed by atoms with Crippen molar-refractivity contribution in [3.63, 3.8) is 0 Å². The lowest BCUT2D eigenvalue weighted by molar-refractivity contribution is 0.0776. The van der Waals surface area contributed by atoms with Crippen LogP contribution in [0.4, 0.5) is 0 Å². The molecule has 5 rings (SSSR count). The van der Waals surface area contributed by atoms with E-state index < -0.39 is 9.84 Å². The SMILES string of the molecule is CN(C)[C@@H]1CCN(C(=O)c2cc(-c3ccc(-c4cccc(S(C)(=O)=O)c4)s3)n(-c3ccccc3Cl)n2)C1. The Morgan fingerprint density at radius 3 is 2.51 bits per heavy atom. The summed E-state index contributed by atoms with van der Waals surface area (Å²) in [7, 11) is 0.742. The van der Waals surface area contributed by atoms with Gasteiger partial charge in [-0.15, -0.1) is 11.3 Å². The number of sulfone groups is 1. The summed E-state index contributed by atoms with van der Waals surface area (Å²) in [5.41, 5.74) is 2.60. The van der Waals surface area contributed by atoms with Crippen LogP contribution in [0.3, 0.4) is 0 Å². The van der Waals surface area contributed by atoms with Crippen molar-refractivity contribution in [2.75, 3.05) is 33.4 Å². The Morgan fingerprint density at radius 2 is 1.81 bits per heavy atom. The van der Waals surface area contributed by atoms with Gasteiger partial charge >= 0.3 is 0 Å². The van der Waals surface area contributed by atoms with Crippen LogP contribution in [0.2, 0.25) is 5.02 Å². The summed E-state index contributed by atoms with van der Waals surface area (Å²) in [5.74, 6) is -0.103. The Morgan fingerprint density at radius 1 is 1.05 bits per heavy atom. The van der Waals surface area contributed by atoms with Gasteiger partial charge in [0.25, 0.3) is 5.91 Å². The van der Waals surface area contributed by atoms with Gasteiger partial charge in [-0.1, -0.05) is 35.9 Å². The van der Waals surface area contributed by atoms with Crippen LogP contribution in [-0.4, -0.2) is 73.4 Å². The maximum absolute atomic E-state index is 13.4. The maximum atomic E-state index is 13.4. The second-order valence-electron chi connectivity index (χ2n) is 9.40. The zero-order chi connectivity index (χ0) is 26.3. The van der Waals surface area contributed by atoms with Crippen molar-refractivity contribution >= 4 is 38.7 Å². The summed E-state index contributed by atoms with van der Waals surface area (Å²) < 4.78 is 25.8. The molecule has 3 heterocycles. The number of benzene rings is 2. The number of halogens is 1. The number of carbonyl (C=O) groups excluding carboxylic acids is 1. The Balaban J connectivity index is 1.55. The molecule has 1 aliphatic rings. The molecule has 192 valence electrons. The molecule has 4 aromatic rings. The summed E-state index contributed by atoms with van der Waals surface area (Å²) in [5, 5.41) is 5.24. The molecule has 1 saturated heterocycles. The first-order valence-corrected chi connectivity index (χ1v) is 14.9. The van der Waals surface area contributed by atoms with Crippen molar-refractivity contribution in [1.82, 2.24) is 19.6 Å². The van der Waals surface area contributed by atoms with E-state index in [1.807, 2.05) is 61.5 Å². The minimum Gasteiger partial charge on any atom is -0.336 e. The minimum atomic E-state index is -3.32. The summed E-state index contributed by atoms with van der Waals surface area (Å²) in [6.07, 6.45) is 2.13. The standard InChI is InChI=1S/C27H27ClN4O3S2/c1-30(2)19-13-14-31(17-19)27(33)22-16-24(32(29-22)23-10-5-4-9-21(23)28)26-12-11-25(36-26)18-7-6-8-20(15-18)37(3,34)35/h4-12,15-16,19H,13-14,17H2,1-3H3/t19-/m1/s1. The van der Waals surface area contributed by atoms with E-state index in [1.165, 1.54) is 17.6 Å². The Kier molecular flexibility index (Phi) is 6.97. The molecule has 7 nitrogen and oxygen atoms in total. The van der Waals surface area contributed by atoms with Gasteiger partial charge in [0.05, 0.1) is 26.2 Å². The fourth-order valence-corrected chi connectivity index (χ4v) is 6.38. The molecule has 0 unspecified atom stereocenters. The molecule has 0 saturated carbocycles. The molecule has 2 aromatic heterocycles. The first-order chi connectivity index (χ1) is 17.6. The van der Waals surface area contributed by atoms with E-state index >= 15 is 0 Å².